The molecule has 0 unspecified atom stereocenters. The van der Waals surface area contributed by atoms with Gasteiger partial charge < -0.3 is 15.9 Å². The van der Waals surface area contributed by atoms with E-state index in [1.807, 2.05) is 0 Å². The second kappa shape index (κ2) is 3.76. The molecule has 4 N–H and O–H groups in total. The maximum Gasteiger partial charge on any atom is 0.350 e. The Kier molecular flexibility index (Phi) is 2.69. The summed E-state index contributed by atoms with van der Waals surface area (Å²) in [6.07, 6.45) is 0.480. The van der Waals surface area contributed by atoms with Crippen molar-refractivity contribution in [3.05, 3.63) is 22.7 Å². The molecule has 1 fully saturated rings. The highest BCUT2D eigenvalue weighted by Gasteiger charge is 2.44. The first kappa shape index (κ1) is 11.4. The van der Waals surface area contributed by atoms with Gasteiger partial charge in [-0.1, -0.05) is 0 Å². The number of hydrogen-bond acceptors (Lipinski definition) is 6. The second-order valence-electron chi connectivity index (χ2n) is 4.05. The third kappa shape index (κ3) is 1.81. The minimum Gasteiger partial charge on any atom is -0.387 e. The van der Waals surface area contributed by atoms with Gasteiger partial charge in [-0.15, -0.1) is 11.8 Å². The van der Waals surface area contributed by atoms with Crippen LogP contribution in [-0.2, 0) is 0 Å². The van der Waals surface area contributed by atoms with Gasteiger partial charge in [-0.05, 0) is 13.0 Å². The highest BCUT2D eigenvalue weighted by Crippen LogP contribution is 2.41. The Morgan fingerprint density at radius 3 is 2.94 bits per heavy atom. The third-order valence-electron chi connectivity index (χ3n) is 2.58. The molecule has 0 aromatic carbocycles. The number of nitrogens with zero attached hydrogens (tertiary/aromatic N) is 2. The zero-order valence-corrected chi connectivity index (χ0v) is 9.52. The highest BCUT2D eigenvalue weighted by atomic mass is 32.2. The molecule has 0 saturated carbocycles. The van der Waals surface area contributed by atoms with Gasteiger partial charge in [0.15, 0.2) is 0 Å². The van der Waals surface area contributed by atoms with E-state index in [1.165, 1.54) is 28.6 Å². The van der Waals surface area contributed by atoms with Crippen LogP contribution in [-0.4, -0.2) is 37.2 Å². The van der Waals surface area contributed by atoms with E-state index in [2.05, 4.69) is 4.98 Å². The predicted octanol–water partition coefficient (Wildman–Crippen LogP) is -0.817. The second-order valence-corrected chi connectivity index (χ2v) is 5.15. The molecular weight excluding hydrogens is 230 g/mol. The van der Waals surface area contributed by atoms with Crippen molar-refractivity contribution >= 4 is 17.6 Å². The standard InChI is InChI=1S/C9H13N3O3S/c1-9(15)4-16-7(6(9)13)12-3-2-5(10)11-8(12)14/h2-3,6-7,13,15H,4H2,1H3,(H2,10,11,14)/t6-,7-,9+/m0/s1. The van der Waals surface area contributed by atoms with E-state index in [4.69, 9.17) is 5.73 Å². The zero-order chi connectivity index (χ0) is 11.9. The quantitative estimate of drug-likeness (QED) is 0.596. The molecule has 6 nitrogen and oxygen atoms in total. The number of aliphatic hydroxyl groups is 2. The minimum absolute atomic E-state index is 0.144. The van der Waals surface area contributed by atoms with Gasteiger partial charge in [0, 0.05) is 11.9 Å². The number of anilines is 1. The molecule has 0 amide bonds. The highest BCUT2D eigenvalue weighted by molar-refractivity contribution is 7.99. The average Bonchev–Trinajstić information content (AvgIpc) is 2.44. The Balaban J connectivity index is 2.36. The van der Waals surface area contributed by atoms with Crippen LogP contribution in [0.5, 0.6) is 0 Å². The maximum absolute atomic E-state index is 11.5. The topological polar surface area (TPSA) is 101 Å². The summed E-state index contributed by atoms with van der Waals surface area (Å²) in [6, 6.07) is 1.49. The smallest absolute Gasteiger partial charge is 0.350 e. The lowest BCUT2D eigenvalue weighted by molar-refractivity contribution is -0.0445. The average molecular weight is 243 g/mol. The lowest BCUT2D eigenvalue weighted by Gasteiger charge is -2.23. The molecule has 1 saturated heterocycles. The molecule has 2 rings (SSSR count). The van der Waals surface area contributed by atoms with Gasteiger partial charge in [0.1, 0.15) is 17.3 Å². The van der Waals surface area contributed by atoms with Crippen molar-refractivity contribution in [2.75, 3.05) is 11.5 Å². The molecule has 0 aliphatic carbocycles. The van der Waals surface area contributed by atoms with E-state index in [1.54, 1.807) is 6.92 Å². The number of hydrogen-bond donors (Lipinski definition) is 3. The summed E-state index contributed by atoms with van der Waals surface area (Å²) in [6.45, 7) is 1.54. The van der Waals surface area contributed by atoms with Gasteiger partial charge in [0.05, 0.1) is 5.60 Å². The van der Waals surface area contributed by atoms with Gasteiger partial charge in [0.2, 0.25) is 0 Å². The molecule has 1 aromatic rings. The molecular formula is C9H13N3O3S. The summed E-state index contributed by atoms with van der Waals surface area (Å²) in [4.78, 5) is 15.1. The van der Waals surface area contributed by atoms with Crippen LogP contribution < -0.4 is 11.4 Å². The fraction of sp³-hybridized carbons (Fsp3) is 0.556. The van der Waals surface area contributed by atoms with Gasteiger partial charge in [-0.25, -0.2) is 4.79 Å². The van der Waals surface area contributed by atoms with Crippen molar-refractivity contribution in [3.8, 4) is 0 Å². The number of thioether (sulfide) groups is 1. The van der Waals surface area contributed by atoms with Crippen LogP contribution in [0.15, 0.2) is 17.1 Å². The van der Waals surface area contributed by atoms with Crippen LogP contribution >= 0.6 is 11.8 Å². The van der Waals surface area contributed by atoms with Gasteiger partial charge in [0.25, 0.3) is 0 Å². The monoisotopic (exact) mass is 243 g/mol. The molecule has 0 radical (unpaired) electrons. The minimum atomic E-state index is -1.18. The van der Waals surface area contributed by atoms with E-state index in [-0.39, 0.29) is 5.82 Å². The van der Waals surface area contributed by atoms with E-state index >= 15 is 0 Å². The first-order chi connectivity index (χ1) is 7.42. The normalized spacial score (nSPS) is 34.2. The van der Waals surface area contributed by atoms with Crippen LogP contribution in [0.3, 0.4) is 0 Å². The van der Waals surface area contributed by atoms with Crippen LogP contribution in [0.2, 0.25) is 0 Å². The Labute approximate surface area is 96.1 Å². The van der Waals surface area contributed by atoms with Gasteiger partial charge in [-0.3, -0.25) is 4.57 Å². The van der Waals surface area contributed by atoms with E-state index < -0.39 is 22.8 Å². The summed E-state index contributed by atoms with van der Waals surface area (Å²) < 4.78 is 1.28. The van der Waals surface area contributed by atoms with Crippen molar-refractivity contribution < 1.29 is 10.2 Å². The molecule has 7 heteroatoms. The van der Waals surface area contributed by atoms with Crippen LogP contribution in [0.4, 0.5) is 5.82 Å². The lowest BCUT2D eigenvalue weighted by atomic mass is 10.0. The summed E-state index contributed by atoms with van der Waals surface area (Å²) in [7, 11) is 0. The molecule has 0 bridgehead atoms. The maximum atomic E-state index is 11.5. The van der Waals surface area contributed by atoms with Crippen molar-refractivity contribution in [1.29, 1.82) is 0 Å². The molecule has 88 valence electrons. The fourth-order valence-electron chi connectivity index (χ4n) is 1.59. The Morgan fingerprint density at radius 1 is 1.75 bits per heavy atom. The first-order valence-electron chi connectivity index (χ1n) is 4.78. The van der Waals surface area contributed by atoms with E-state index in [9.17, 15) is 15.0 Å². The number of aromatic nitrogens is 2. The number of nitrogens with two attached hydrogens (primary N) is 1. The summed E-state index contributed by atoms with van der Waals surface area (Å²) in [5.41, 5.74) is 3.67. The predicted molar refractivity (Wildman–Crippen MR) is 61.0 cm³/mol. The number of nitrogen functional groups attached to an aromatic ring is 1. The lowest BCUT2D eigenvalue weighted by Crippen LogP contribution is -2.41. The van der Waals surface area contributed by atoms with Crippen LogP contribution in [0, 0.1) is 0 Å². The number of rotatable bonds is 1. The molecule has 2 heterocycles. The van der Waals surface area contributed by atoms with E-state index in [0.717, 1.165) is 0 Å². The van der Waals surface area contributed by atoms with Crippen molar-refractivity contribution in [3.63, 3.8) is 0 Å². The number of aliphatic hydroxyl groups excluding tert-OH is 1. The summed E-state index contributed by atoms with van der Waals surface area (Å²) >= 11 is 1.31. The van der Waals surface area contributed by atoms with Crippen LogP contribution in [0.1, 0.15) is 12.3 Å². The SMILES string of the molecule is C[C@@]1(O)CS[C@H](n2ccc(N)nc2=O)[C@@H]1O. The zero-order valence-electron chi connectivity index (χ0n) is 8.70. The molecule has 1 aliphatic rings. The van der Waals surface area contributed by atoms with Crippen LogP contribution in [0.25, 0.3) is 0 Å². The largest absolute Gasteiger partial charge is 0.387 e. The van der Waals surface area contributed by atoms with Crippen molar-refractivity contribution in [2.24, 2.45) is 0 Å². The Morgan fingerprint density at radius 2 is 2.44 bits per heavy atom. The first-order valence-corrected chi connectivity index (χ1v) is 5.83. The molecule has 1 aromatic heterocycles. The summed E-state index contributed by atoms with van der Waals surface area (Å²) in [5.74, 6) is 0.515. The fourth-order valence-corrected chi connectivity index (χ4v) is 3.07. The van der Waals surface area contributed by atoms with Gasteiger partial charge in [-0.2, -0.15) is 4.98 Å². The molecule has 16 heavy (non-hydrogen) atoms. The molecule has 1 aliphatic heterocycles. The summed E-state index contributed by atoms with van der Waals surface area (Å²) in [5, 5.41) is 19.2. The molecule has 0 spiro atoms. The van der Waals surface area contributed by atoms with Gasteiger partial charge >= 0.3 is 5.69 Å². The van der Waals surface area contributed by atoms with E-state index in [0.29, 0.717) is 5.75 Å². The molecule has 3 atom stereocenters. The Bertz CT molecular complexity index is 460. The van der Waals surface area contributed by atoms with Crippen molar-refractivity contribution in [1.82, 2.24) is 9.55 Å². The Hall–Kier alpha value is -1.05. The third-order valence-corrected chi connectivity index (χ3v) is 4.16. The van der Waals surface area contributed by atoms with Crippen molar-refractivity contribution in [2.45, 2.75) is 24.0 Å².